The molecule has 2 aliphatic heterocycles. The Balaban J connectivity index is 1.82. The number of nitrogens with zero attached hydrogens (tertiary/aromatic N) is 2. The summed E-state index contributed by atoms with van der Waals surface area (Å²) in [6.45, 7) is -3.29. The normalized spacial score (nSPS) is 24.4. The van der Waals surface area contributed by atoms with Crippen molar-refractivity contribution in [3.05, 3.63) is 58.8 Å². The van der Waals surface area contributed by atoms with Gasteiger partial charge in [-0.15, -0.1) is 0 Å². The Kier molecular flexibility index (Phi) is 4.01. The van der Waals surface area contributed by atoms with Crippen LogP contribution in [0.25, 0.3) is 0 Å². The van der Waals surface area contributed by atoms with E-state index in [1.807, 2.05) is 0 Å². The summed E-state index contributed by atoms with van der Waals surface area (Å²) in [6, 6.07) is 4.52. The molecule has 0 saturated heterocycles. The smallest absolute Gasteiger partial charge is 0.417 e. The van der Waals surface area contributed by atoms with Crippen LogP contribution in [0, 0.1) is 5.82 Å². The highest BCUT2D eigenvalue weighted by atomic mass is 19.4. The second kappa shape index (κ2) is 6.03. The number of aliphatic imine (C=N–C) groups is 1. The van der Waals surface area contributed by atoms with Crippen LogP contribution in [0.4, 0.5) is 26.3 Å². The molecule has 1 aromatic rings. The molecule has 0 amide bonds. The van der Waals surface area contributed by atoms with Gasteiger partial charge >= 0.3 is 12.8 Å². The van der Waals surface area contributed by atoms with Crippen LogP contribution in [0.3, 0.4) is 0 Å². The Morgan fingerprint density at radius 2 is 2.00 bits per heavy atom. The van der Waals surface area contributed by atoms with Crippen molar-refractivity contribution in [2.45, 2.75) is 37.6 Å². The predicted molar refractivity (Wildman–Crippen MR) is 84.5 cm³/mol. The van der Waals surface area contributed by atoms with Crippen molar-refractivity contribution >= 4 is 5.84 Å². The lowest BCUT2D eigenvalue weighted by molar-refractivity contribution is -0.0981. The maximum absolute atomic E-state index is 14.2. The summed E-state index contributed by atoms with van der Waals surface area (Å²) in [7, 11) is 0. The van der Waals surface area contributed by atoms with E-state index < -0.39 is 35.5 Å². The molecule has 0 unspecified atom stereocenters. The van der Waals surface area contributed by atoms with E-state index in [2.05, 4.69) is 9.73 Å². The van der Waals surface area contributed by atoms with Gasteiger partial charge < -0.3 is 9.64 Å². The van der Waals surface area contributed by atoms with Gasteiger partial charge in [0.2, 0.25) is 0 Å². The van der Waals surface area contributed by atoms with Crippen LogP contribution in [-0.2, 0) is 16.7 Å². The molecule has 0 fully saturated rings. The van der Waals surface area contributed by atoms with E-state index in [-0.39, 0.29) is 12.4 Å². The van der Waals surface area contributed by atoms with Gasteiger partial charge in [-0.05, 0) is 42.5 Å². The highest BCUT2D eigenvalue weighted by molar-refractivity contribution is 6.00. The first-order valence-corrected chi connectivity index (χ1v) is 8.30. The summed E-state index contributed by atoms with van der Waals surface area (Å²) in [5.41, 5.74) is -1.06. The largest absolute Gasteiger partial charge is 0.431 e. The monoisotopic (exact) mass is 388 g/mol. The number of hydrogen-bond donors (Lipinski definition) is 0. The van der Waals surface area contributed by atoms with Crippen molar-refractivity contribution < 1.29 is 31.1 Å². The van der Waals surface area contributed by atoms with E-state index in [0.29, 0.717) is 36.5 Å². The zero-order valence-corrected chi connectivity index (χ0v) is 13.9. The number of alkyl halides is 5. The van der Waals surface area contributed by atoms with Gasteiger partial charge in [0.05, 0.1) is 12.1 Å². The van der Waals surface area contributed by atoms with Gasteiger partial charge in [0.25, 0.3) is 0 Å². The van der Waals surface area contributed by atoms with Crippen molar-refractivity contribution in [1.29, 1.82) is 0 Å². The fourth-order valence-corrected chi connectivity index (χ4v) is 3.93. The molecular formula is C18H14F6N2O. The Morgan fingerprint density at radius 1 is 1.22 bits per heavy atom. The van der Waals surface area contributed by atoms with Gasteiger partial charge in [0.1, 0.15) is 11.4 Å². The first kappa shape index (κ1) is 17.9. The zero-order valence-electron chi connectivity index (χ0n) is 13.9. The number of ether oxygens (including phenoxy) is 1. The Labute approximate surface area is 150 Å². The lowest BCUT2D eigenvalue weighted by atomic mass is 9.77. The molecule has 9 heteroatoms. The quantitative estimate of drug-likeness (QED) is 0.689. The van der Waals surface area contributed by atoms with Gasteiger partial charge in [0.15, 0.2) is 11.6 Å². The topological polar surface area (TPSA) is 24.8 Å². The average molecular weight is 388 g/mol. The number of allylic oxidation sites excluding steroid dienone is 2. The number of rotatable bonds is 2. The maximum Gasteiger partial charge on any atom is 0.417 e. The number of fused-ring (bicyclic) bond motifs is 3. The SMILES string of the molecule is Fc1cccc2c1CCC[C@@]21CN2C=C(C(F)(F)F)C=C(OC(F)F)C2=N1. The number of amidine groups is 1. The molecule has 0 saturated carbocycles. The first-order valence-electron chi connectivity index (χ1n) is 8.30. The molecule has 27 heavy (non-hydrogen) atoms. The zero-order chi connectivity index (χ0) is 19.4. The van der Waals surface area contributed by atoms with Gasteiger partial charge in [-0.25, -0.2) is 4.39 Å². The van der Waals surface area contributed by atoms with Crippen molar-refractivity contribution in [3.63, 3.8) is 0 Å². The molecular weight excluding hydrogens is 374 g/mol. The fourth-order valence-electron chi connectivity index (χ4n) is 3.93. The third-order valence-electron chi connectivity index (χ3n) is 5.01. The van der Waals surface area contributed by atoms with Crippen LogP contribution in [-0.4, -0.2) is 30.1 Å². The summed E-state index contributed by atoms with van der Waals surface area (Å²) in [6.07, 6.45) is -1.82. The summed E-state index contributed by atoms with van der Waals surface area (Å²) < 4.78 is 83.5. The lowest BCUT2D eigenvalue weighted by Crippen LogP contribution is -2.37. The summed E-state index contributed by atoms with van der Waals surface area (Å²) in [5, 5.41) is 0. The molecule has 1 aromatic carbocycles. The highest BCUT2D eigenvalue weighted by Gasteiger charge is 2.47. The van der Waals surface area contributed by atoms with E-state index in [1.54, 1.807) is 6.07 Å². The third-order valence-corrected chi connectivity index (χ3v) is 5.01. The van der Waals surface area contributed by atoms with Crippen molar-refractivity contribution in [2.24, 2.45) is 4.99 Å². The molecule has 1 spiro atoms. The molecule has 3 nitrogen and oxygen atoms in total. The van der Waals surface area contributed by atoms with Crippen molar-refractivity contribution in [1.82, 2.24) is 4.90 Å². The number of halogens is 6. The molecule has 2 heterocycles. The molecule has 0 bridgehead atoms. The number of hydrogen-bond acceptors (Lipinski definition) is 3. The predicted octanol–water partition coefficient (Wildman–Crippen LogP) is 4.65. The lowest BCUT2D eigenvalue weighted by Gasteiger charge is -2.34. The fraction of sp³-hybridized carbons (Fsp3) is 0.389. The number of benzene rings is 1. The van der Waals surface area contributed by atoms with Crippen LogP contribution >= 0.6 is 0 Å². The molecule has 0 aromatic heterocycles. The van der Waals surface area contributed by atoms with Crippen molar-refractivity contribution in [3.8, 4) is 0 Å². The van der Waals surface area contributed by atoms with E-state index in [4.69, 9.17) is 0 Å². The minimum Gasteiger partial charge on any atom is -0.431 e. The van der Waals surface area contributed by atoms with Gasteiger partial charge in [-0.3, -0.25) is 4.99 Å². The molecule has 144 valence electrons. The molecule has 0 N–H and O–H groups in total. The Bertz CT molecular complexity index is 873. The first-order chi connectivity index (χ1) is 12.7. The van der Waals surface area contributed by atoms with Crippen LogP contribution < -0.4 is 0 Å². The highest BCUT2D eigenvalue weighted by Crippen LogP contribution is 2.46. The van der Waals surface area contributed by atoms with Crippen LogP contribution in [0.15, 0.2) is 46.8 Å². The summed E-state index contributed by atoms with van der Waals surface area (Å²) in [4.78, 5) is 5.64. The van der Waals surface area contributed by atoms with Crippen LogP contribution in [0.5, 0.6) is 0 Å². The Morgan fingerprint density at radius 3 is 2.70 bits per heavy atom. The minimum atomic E-state index is -4.73. The van der Waals surface area contributed by atoms with Gasteiger partial charge in [-0.2, -0.15) is 22.0 Å². The molecule has 3 aliphatic rings. The van der Waals surface area contributed by atoms with E-state index in [9.17, 15) is 26.3 Å². The standard InChI is InChI=1S/C18H14F6N2O/c19-13-5-1-4-12-11(13)3-2-6-17(12)9-26-8-10(18(22,23)24)7-14(15(26)25-17)27-16(20)21/h1,4-5,7-8,16H,2-3,6,9H2/t17-/m1/s1. The molecule has 0 radical (unpaired) electrons. The van der Waals surface area contributed by atoms with Crippen LogP contribution in [0.2, 0.25) is 0 Å². The summed E-state index contributed by atoms with van der Waals surface area (Å²) >= 11 is 0. The molecule has 1 aliphatic carbocycles. The third kappa shape index (κ3) is 2.98. The van der Waals surface area contributed by atoms with Gasteiger partial charge in [0, 0.05) is 6.20 Å². The molecule has 4 rings (SSSR count). The van der Waals surface area contributed by atoms with Gasteiger partial charge in [-0.1, -0.05) is 12.1 Å². The van der Waals surface area contributed by atoms with E-state index in [0.717, 1.165) is 6.20 Å². The van der Waals surface area contributed by atoms with Crippen LogP contribution in [0.1, 0.15) is 24.0 Å². The summed E-state index contributed by atoms with van der Waals surface area (Å²) in [5.74, 6) is -1.14. The second-order valence-electron chi connectivity index (χ2n) is 6.68. The van der Waals surface area contributed by atoms with E-state index in [1.165, 1.54) is 17.0 Å². The molecule has 1 atom stereocenters. The Hall–Kier alpha value is -2.45. The maximum atomic E-state index is 14.2. The minimum absolute atomic E-state index is 0.00229. The van der Waals surface area contributed by atoms with E-state index >= 15 is 0 Å². The second-order valence-corrected chi connectivity index (χ2v) is 6.68. The van der Waals surface area contributed by atoms with Crippen molar-refractivity contribution in [2.75, 3.05) is 6.54 Å². The average Bonchev–Trinajstić information content (AvgIpc) is 2.94.